The van der Waals surface area contributed by atoms with Gasteiger partial charge < -0.3 is 5.32 Å². The highest BCUT2D eigenvalue weighted by Gasteiger charge is 2.25. The number of nitrogens with zero attached hydrogens (tertiary/aromatic N) is 2. The summed E-state index contributed by atoms with van der Waals surface area (Å²) in [5, 5.41) is 8.76. The highest BCUT2D eigenvalue weighted by atomic mass is 19.4. The van der Waals surface area contributed by atoms with Crippen molar-refractivity contribution in [3.8, 4) is 0 Å². The minimum Gasteiger partial charge on any atom is -0.349 e. The molecule has 0 bridgehead atoms. The van der Waals surface area contributed by atoms with Crippen molar-refractivity contribution in [1.82, 2.24) is 20.5 Å². The minimum atomic E-state index is -4.14. The van der Waals surface area contributed by atoms with Crippen molar-refractivity contribution in [3.63, 3.8) is 0 Å². The van der Waals surface area contributed by atoms with E-state index in [0.29, 0.717) is 12.2 Å². The molecule has 0 aliphatic carbocycles. The number of rotatable bonds is 6. The van der Waals surface area contributed by atoms with Crippen LogP contribution in [0.4, 0.5) is 13.2 Å². The summed E-state index contributed by atoms with van der Waals surface area (Å²) in [5.41, 5.74) is 0. The van der Waals surface area contributed by atoms with Crippen molar-refractivity contribution in [3.05, 3.63) is 11.6 Å². The smallest absolute Gasteiger partial charge is 0.349 e. The standard InChI is InChI=1S/C10H15F3N4O/c1-2-7-15-8(17-16-7)9(18)14-6-4-3-5-10(11,12)13/h2-6H2,1H3,(H,14,18)(H,15,16,17). The van der Waals surface area contributed by atoms with Crippen LogP contribution in [0.25, 0.3) is 0 Å². The lowest BCUT2D eigenvalue weighted by Gasteiger charge is -2.05. The molecule has 0 spiro atoms. The number of unbranched alkanes of at least 4 members (excludes halogenated alkanes) is 1. The van der Waals surface area contributed by atoms with Gasteiger partial charge in [-0.2, -0.15) is 13.2 Å². The lowest BCUT2D eigenvalue weighted by Crippen LogP contribution is -2.25. The number of aromatic nitrogens is 3. The molecule has 1 aromatic rings. The van der Waals surface area contributed by atoms with Gasteiger partial charge in [0.1, 0.15) is 5.82 Å². The van der Waals surface area contributed by atoms with E-state index in [4.69, 9.17) is 0 Å². The topological polar surface area (TPSA) is 70.7 Å². The van der Waals surface area contributed by atoms with E-state index in [9.17, 15) is 18.0 Å². The van der Waals surface area contributed by atoms with E-state index in [1.165, 1.54) is 0 Å². The summed E-state index contributed by atoms with van der Waals surface area (Å²) in [4.78, 5) is 15.4. The van der Waals surface area contributed by atoms with Gasteiger partial charge in [-0.05, 0) is 12.8 Å². The molecule has 1 rings (SSSR count). The number of H-pyrrole nitrogens is 1. The van der Waals surface area contributed by atoms with Crippen LogP contribution in [0.5, 0.6) is 0 Å². The molecule has 2 N–H and O–H groups in total. The van der Waals surface area contributed by atoms with Crippen LogP contribution >= 0.6 is 0 Å². The fourth-order valence-electron chi connectivity index (χ4n) is 1.29. The van der Waals surface area contributed by atoms with Crippen LogP contribution in [-0.2, 0) is 6.42 Å². The van der Waals surface area contributed by atoms with Gasteiger partial charge in [0.2, 0.25) is 5.82 Å². The first kappa shape index (κ1) is 14.5. The van der Waals surface area contributed by atoms with Crippen LogP contribution < -0.4 is 5.32 Å². The van der Waals surface area contributed by atoms with Gasteiger partial charge in [-0.1, -0.05) is 6.92 Å². The summed E-state index contributed by atoms with van der Waals surface area (Å²) in [7, 11) is 0. The van der Waals surface area contributed by atoms with Gasteiger partial charge in [0.15, 0.2) is 0 Å². The lowest BCUT2D eigenvalue weighted by molar-refractivity contribution is -0.135. The Labute approximate surface area is 102 Å². The third-order valence-electron chi connectivity index (χ3n) is 2.24. The zero-order valence-corrected chi connectivity index (χ0v) is 9.97. The highest BCUT2D eigenvalue weighted by molar-refractivity contribution is 5.90. The van der Waals surface area contributed by atoms with E-state index in [1.54, 1.807) is 0 Å². The summed E-state index contributed by atoms with van der Waals surface area (Å²) in [6.45, 7) is 2.05. The first-order chi connectivity index (χ1) is 8.42. The molecule has 1 amide bonds. The van der Waals surface area contributed by atoms with E-state index in [1.807, 2.05) is 6.92 Å². The maximum Gasteiger partial charge on any atom is 0.389 e. The normalized spacial score (nSPS) is 11.6. The summed E-state index contributed by atoms with van der Waals surface area (Å²) < 4.78 is 35.5. The van der Waals surface area contributed by atoms with Gasteiger partial charge in [-0.25, -0.2) is 4.98 Å². The van der Waals surface area contributed by atoms with Crippen LogP contribution in [0.2, 0.25) is 0 Å². The number of nitrogens with one attached hydrogen (secondary N) is 2. The van der Waals surface area contributed by atoms with Gasteiger partial charge in [-0.3, -0.25) is 9.89 Å². The number of carbonyl (C=O) groups is 1. The predicted molar refractivity (Wildman–Crippen MR) is 58.0 cm³/mol. The second kappa shape index (κ2) is 6.36. The Balaban J connectivity index is 2.21. The van der Waals surface area contributed by atoms with Crippen molar-refractivity contribution >= 4 is 5.91 Å². The molecule has 0 unspecified atom stereocenters. The van der Waals surface area contributed by atoms with Crippen LogP contribution in [0, 0.1) is 0 Å². The monoisotopic (exact) mass is 264 g/mol. The van der Waals surface area contributed by atoms with Gasteiger partial charge >= 0.3 is 6.18 Å². The molecule has 1 aromatic heterocycles. The molecular formula is C10H15F3N4O. The molecule has 0 atom stereocenters. The number of carbonyl (C=O) groups excluding carboxylic acids is 1. The molecule has 1 heterocycles. The molecular weight excluding hydrogens is 249 g/mol. The largest absolute Gasteiger partial charge is 0.389 e. The number of halogens is 3. The summed E-state index contributed by atoms with van der Waals surface area (Å²) in [6, 6.07) is 0. The molecule has 0 radical (unpaired) electrons. The van der Waals surface area contributed by atoms with Crippen LogP contribution in [-0.4, -0.2) is 33.8 Å². The molecule has 0 aliphatic heterocycles. The maximum atomic E-state index is 11.8. The Morgan fingerprint density at radius 2 is 2.11 bits per heavy atom. The molecule has 0 aliphatic rings. The highest BCUT2D eigenvalue weighted by Crippen LogP contribution is 2.21. The Morgan fingerprint density at radius 3 is 2.67 bits per heavy atom. The Morgan fingerprint density at radius 1 is 1.39 bits per heavy atom. The van der Waals surface area contributed by atoms with Crippen molar-refractivity contribution in [2.24, 2.45) is 0 Å². The van der Waals surface area contributed by atoms with E-state index < -0.39 is 18.5 Å². The van der Waals surface area contributed by atoms with Crippen LogP contribution in [0.1, 0.15) is 42.6 Å². The summed E-state index contributed by atoms with van der Waals surface area (Å²) >= 11 is 0. The summed E-state index contributed by atoms with van der Waals surface area (Å²) in [5.74, 6) is 0.137. The Kier molecular flexibility index (Phi) is 5.11. The van der Waals surface area contributed by atoms with E-state index in [0.717, 1.165) is 0 Å². The third kappa shape index (κ3) is 5.15. The van der Waals surface area contributed by atoms with Crippen molar-refractivity contribution in [1.29, 1.82) is 0 Å². The fraction of sp³-hybridized carbons (Fsp3) is 0.700. The van der Waals surface area contributed by atoms with E-state index >= 15 is 0 Å². The minimum absolute atomic E-state index is 0.00200. The van der Waals surface area contributed by atoms with Crippen molar-refractivity contribution < 1.29 is 18.0 Å². The number of amides is 1. The SMILES string of the molecule is CCc1nc(C(=O)NCCCCC(F)(F)F)n[nH]1. The first-order valence-corrected chi connectivity index (χ1v) is 5.68. The predicted octanol–water partition coefficient (Wildman–Crippen LogP) is 1.83. The second-order valence-corrected chi connectivity index (χ2v) is 3.79. The van der Waals surface area contributed by atoms with E-state index in [2.05, 4.69) is 20.5 Å². The fourth-order valence-corrected chi connectivity index (χ4v) is 1.29. The lowest BCUT2D eigenvalue weighted by atomic mass is 10.2. The maximum absolute atomic E-state index is 11.8. The van der Waals surface area contributed by atoms with Crippen molar-refractivity contribution in [2.45, 2.75) is 38.8 Å². The number of alkyl halides is 3. The van der Waals surface area contributed by atoms with Gasteiger partial charge in [0, 0.05) is 19.4 Å². The van der Waals surface area contributed by atoms with Gasteiger partial charge in [0.05, 0.1) is 0 Å². The number of hydrogen-bond donors (Lipinski definition) is 2. The average molecular weight is 264 g/mol. The molecule has 0 saturated heterocycles. The molecule has 5 nitrogen and oxygen atoms in total. The molecule has 8 heteroatoms. The molecule has 0 saturated carbocycles. The molecule has 0 aromatic carbocycles. The van der Waals surface area contributed by atoms with Gasteiger partial charge in [0.25, 0.3) is 5.91 Å². The Bertz CT molecular complexity index is 389. The zero-order valence-electron chi connectivity index (χ0n) is 9.97. The average Bonchev–Trinajstić information content (AvgIpc) is 2.75. The van der Waals surface area contributed by atoms with Crippen LogP contribution in [0.3, 0.4) is 0 Å². The quantitative estimate of drug-likeness (QED) is 0.770. The number of aryl methyl sites for hydroxylation is 1. The van der Waals surface area contributed by atoms with Crippen LogP contribution in [0.15, 0.2) is 0 Å². The molecule has 0 fully saturated rings. The number of hydrogen-bond acceptors (Lipinski definition) is 3. The Hall–Kier alpha value is -1.60. The molecule has 18 heavy (non-hydrogen) atoms. The first-order valence-electron chi connectivity index (χ1n) is 5.68. The van der Waals surface area contributed by atoms with Crippen molar-refractivity contribution in [2.75, 3.05) is 6.54 Å². The summed E-state index contributed by atoms with van der Waals surface area (Å²) in [6.07, 6.45) is -4.06. The van der Waals surface area contributed by atoms with Gasteiger partial charge in [-0.15, -0.1) is 5.10 Å². The molecule has 102 valence electrons. The zero-order chi connectivity index (χ0) is 13.6. The number of aromatic amines is 1. The van der Waals surface area contributed by atoms with E-state index in [-0.39, 0.29) is 25.2 Å². The third-order valence-corrected chi connectivity index (χ3v) is 2.24. The second-order valence-electron chi connectivity index (χ2n) is 3.79.